The number of para-hydroxylation sites is 1. The van der Waals surface area contributed by atoms with E-state index in [2.05, 4.69) is 31.4 Å². The molecule has 0 aliphatic carbocycles. The van der Waals surface area contributed by atoms with E-state index in [0.717, 1.165) is 28.2 Å². The Balaban J connectivity index is 1.36. The van der Waals surface area contributed by atoms with Crippen LogP contribution in [-0.2, 0) is 20.3 Å². The number of nitrogens with one attached hydrogen (secondary N) is 2. The van der Waals surface area contributed by atoms with Crippen molar-refractivity contribution >= 4 is 38.6 Å². The third-order valence-electron chi connectivity index (χ3n) is 7.26. The highest BCUT2D eigenvalue weighted by Crippen LogP contribution is 2.31. The number of amides is 2. The number of carbonyl (C=O) groups is 2. The van der Waals surface area contributed by atoms with Crippen molar-refractivity contribution < 1.29 is 36.1 Å². The zero-order chi connectivity index (χ0) is 33.1. The van der Waals surface area contributed by atoms with Crippen molar-refractivity contribution in [3.8, 4) is 17.1 Å². The van der Waals surface area contributed by atoms with E-state index in [4.69, 9.17) is 13.7 Å². The lowest BCUT2D eigenvalue weighted by Gasteiger charge is -2.22. The maximum atomic E-state index is 15.2. The standard InChI is InChI=1S/C35H33FN2O7S/c1-35(2,3)26-13-8-23(9-14-26)32(45-30-17-12-25(20-28(30)36)33(39)37-18-19-46(41,42)43)34(40)38-27-15-10-22(11-16-27)31-21-24-6-4-5-7-29(24)44-31/h4-17,20-21,32H,18-19H2,1-3H3,(H,37,39)(H,38,40)(H,41,42,43). The Bertz CT molecular complexity index is 1950. The quantitative estimate of drug-likeness (QED) is 0.141. The largest absolute Gasteiger partial charge is 0.473 e. The van der Waals surface area contributed by atoms with Crippen molar-refractivity contribution in [2.24, 2.45) is 0 Å². The molecular formula is C35H33FN2O7S. The maximum Gasteiger partial charge on any atom is 0.270 e. The highest BCUT2D eigenvalue weighted by atomic mass is 32.2. The Morgan fingerprint density at radius 2 is 1.63 bits per heavy atom. The molecule has 0 saturated carbocycles. The summed E-state index contributed by atoms with van der Waals surface area (Å²) in [6, 6.07) is 27.4. The maximum absolute atomic E-state index is 15.2. The molecule has 46 heavy (non-hydrogen) atoms. The second-order valence-corrected chi connectivity index (χ2v) is 13.3. The van der Waals surface area contributed by atoms with Gasteiger partial charge in [0.25, 0.3) is 21.9 Å². The Kier molecular flexibility index (Phi) is 9.27. The second kappa shape index (κ2) is 13.2. The average molecular weight is 645 g/mol. The lowest BCUT2D eigenvalue weighted by molar-refractivity contribution is -0.123. The average Bonchev–Trinajstić information content (AvgIpc) is 3.44. The molecule has 0 radical (unpaired) electrons. The molecule has 5 aromatic rings. The van der Waals surface area contributed by atoms with Crippen LogP contribution in [-0.4, -0.2) is 37.1 Å². The molecule has 2 amide bonds. The van der Waals surface area contributed by atoms with Gasteiger partial charge in [0.2, 0.25) is 6.10 Å². The number of benzene rings is 4. The topological polar surface area (TPSA) is 135 Å². The third-order valence-corrected chi connectivity index (χ3v) is 7.98. The van der Waals surface area contributed by atoms with E-state index in [1.807, 2.05) is 54.6 Å². The van der Waals surface area contributed by atoms with Crippen molar-refractivity contribution in [2.75, 3.05) is 17.6 Å². The first kappa shape index (κ1) is 32.4. The van der Waals surface area contributed by atoms with Gasteiger partial charge in [-0.2, -0.15) is 8.42 Å². The van der Waals surface area contributed by atoms with Crippen molar-refractivity contribution in [2.45, 2.75) is 32.3 Å². The number of hydrogen-bond donors (Lipinski definition) is 3. The van der Waals surface area contributed by atoms with Gasteiger partial charge >= 0.3 is 0 Å². The molecule has 1 heterocycles. The van der Waals surface area contributed by atoms with Crippen LogP contribution in [0.4, 0.5) is 10.1 Å². The summed E-state index contributed by atoms with van der Waals surface area (Å²) in [6.45, 7) is 5.83. The third kappa shape index (κ3) is 7.98. The van der Waals surface area contributed by atoms with Crippen LogP contribution in [0, 0.1) is 5.82 Å². The van der Waals surface area contributed by atoms with Gasteiger partial charge in [-0.3, -0.25) is 14.1 Å². The minimum atomic E-state index is -4.27. The monoisotopic (exact) mass is 644 g/mol. The molecule has 5 rings (SSSR count). The summed E-state index contributed by atoms with van der Waals surface area (Å²) in [5.74, 6) is -2.46. The number of anilines is 1. The lowest BCUT2D eigenvalue weighted by atomic mass is 9.86. The van der Waals surface area contributed by atoms with Crippen molar-refractivity contribution in [1.82, 2.24) is 5.32 Å². The molecule has 1 unspecified atom stereocenters. The Hall–Kier alpha value is -5.00. The van der Waals surface area contributed by atoms with E-state index >= 15 is 4.39 Å². The van der Waals surface area contributed by atoms with Crippen LogP contribution in [0.1, 0.15) is 48.4 Å². The Labute approximate surface area is 266 Å². The molecule has 1 aromatic heterocycles. The number of carbonyl (C=O) groups excluding carboxylic acids is 2. The van der Waals surface area contributed by atoms with Gasteiger partial charge in [-0.1, -0.05) is 63.2 Å². The summed E-state index contributed by atoms with van der Waals surface area (Å²) >= 11 is 0. The molecule has 0 fully saturated rings. The molecular weight excluding hydrogens is 611 g/mol. The fraction of sp³-hybridized carbons (Fsp3) is 0.200. The second-order valence-electron chi connectivity index (χ2n) is 11.8. The molecule has 0 bridgehead atoms. The van der Waals surface area contributed by atoms with Gasteiger partial charge in [0, 0.05) is 34.3 Å². The fourth-order valence-electron chi connectivity index (χ4n) is 4.74. The number of ether oxygens (including phenoxy) is 1. The molecule has 11 heteroatoms. The molecule has 0 spiro atoms. The normalized spacial score (nSPS) is 12.5. The highest BCUT2D eigenvalue weighted by molar-refractivity contribution is 7.85. The summed E-state index contributed by atoms with van der Waals surface area (Å²) in [6.07, 6.45) is -1.26. The number of halogens is 1. The zero-order valence-electron chi connectivity index (χ0n) is 25.4. The molecule has 1 atom stereocenters. The number of furan rings is 1. The van der Waals surface area contributed by atoms with Crippen molar-refractivity contribution in [1.29, 1.82) is 0 Å². The van der Waals surface area contributed by atoms with Gasteiger partial charge in [-0.15, -0.1) is 0 Å². The van der Waals surface area contributed by atoms with Gasteiger partial charge in [-0.25, -0.2) is 4.39 Å². The fourth-order valence-corrected chi connectivity index (χ4v) is 5.10. The van der Waals surface area contributed by atoms with E-state index in [1.54, 1.807) is 24.3 Å². The van der Waals surface area contributed by atoms with Crippen LogP contribution < -0.4 is 15.4 Å². The molecule has 4 aromatic carbocycles. The van der Waals surface area contributed by atoms with Gasteiger partial charge in [-0.05, 0) is 65.6 Å². The summed E-state index contributed by atoms with van der Waals surface area (Å²) in [5, 5.41) is 6.12. The molecule has 238 valence electrons. The van der Waals surface area contributed by atoms with Crippen LogP contribution in [0.5, 0.6) is 5.75 Å². The first-order valence-corrected chi connectivity index (χ1v) is 16.1. The Morgan fingerprint density at radius 3 is 2.26 bits per heavy atom. The summed E-state index contributed by atoms with van der Waals surface area (Å²) in [7, 11) is -4.27. The predicted molar refractivity (Wildman–Crippen MR) is 174 cm³/mol. The van der Waals surface area contributed by atoms with Gasteiger partial charge < -0.3 is 19.8 Å². The lowest BCUT2D eigenvalue weighted by Crippen LogP contribution is -2.29. The zero-order valence-corrected chi connectivity index (χ0v) is 26.2. The summed E-state index contributed by atoms with van der Waals surface area (Å²) in [5.41, 5.74) is 3.36. The van der Waals surface area contributed by atoms with E-state index in [9.17, 15) is 18.0 Å². The van der Waals surface area contributed by atoms with Gasteiger partial charge in [0.15, 0.2) is 11.6 Å². The number of fused-ring (bicyclic) bond motifs is 1. The SMILES string of the molecule is CC(C)(C)c1ccc(C(Oc2ccc(C(=O)NCCS(=O)(=O)O)cc2F)C(=O)Nc2ccc(-c3cc4ccccc4o3)cc2)cc1. The van der Waals surface area contributed by atoms with Crippen LogP contribution in [0.15, 0.2) is 101 Å². The van der Waals surface area contributed by atoms with E-state index in [1.165, 1.54) is 12.1 Å². The smallest absolute Gasteiger partial charge is 0.270 e. The Morgan fingerprint density at radius 1 is 0.935 bits per heavy atom. The first-order chi connectivity index (χ1) is 21.8. The molecule has 0 aliphatic heterocycles. The van der Waals surface area contributed by atoms with E-state index in [0.29, 0.717) is 17.0 Å². The van der Waals surface area contributed by atoms with Crippen molar-refractivity contribution in [3.63, 3.8) is 0 Å². The molecule has 3 N–H and O–H groups in total. The van der Waals surface area contributed by atoms with Gasteiger partial charge in [0.05, 0.1) is 5.75 Å². The number of hydrogen-bond acceptors (Lipinski definition) is 6. The number of rotatable bonds is 10. The molecule has 0 aliphatic rings. The summed E-state index contributed by atoms with van der Waals surface area (Å²) in [4.78, 5) is 26.0. The van der Waals surface area contributed by atoms with E-state index in [-0.39, 0.29) is 23.3 Å². The van der Waals surface area contributed by atoms with Crippen LogP contribution in [0.25, 0.3) is 22.3 Å². The van der Waals surface area contributed by atoms with Crippen LogP contribution in [0.3, 0.4) is 0 Å². The minimum Gasteiger partial charge on any atom is -0.473 e. The minimum absolute atomic E-state index is 0.0970. The van der Waals surface area contributed by atoms with E-state index < -0.39 is 39.6 Å². The predicted octanol–water partition coefficient (Wildman–Crippen LogP) is 6.91. The van der Waals surface area contributed by atoms with Crippen LogP contribution in [0.2, 0.25) is 0 Å². The molecule has 0 saturated heterocycles. The van der Waals surface area contributed by atoms with Crippen molar-refractivity contribution in [3.05, 3.63) is 120 Å². The first-order valence-electron chi connectivity index (χ1n) is 14.5. The van der Waals surface area contributed by atoms with Gasteiger partial charge in [0.1, 0.15) is 11.3 Å². The summed E-state index contributed by atoms with van der Waals surface area (Å²) < 4.78 is 57.7. The highest BCUT2D eigenvalue weighted by Gasteiger charge is 2.26. The van der Waals surface area contributed by atoms with Crippen LogP contribution >= 0.6 is 0 Å². The molecule has 9 nitrogen and oxygen atoms in total.